The van der Waals surface area contributed by atoms with Crippen molar-refractivity contribution < 1.29 is 4.74 Å². The van der Waals surface area contributed by atoms with Gasteiger partial charge in [0.15, 0.2) is 0 Å². The van der Waals surface area contributed by atoms with Crippen molar-refractivity contribution in [2.45, 2.75) is 33.1 Å². The lowest BCUT2D eigenvalue weighted by atomic mass is 9.95. The summed E-state index contributed by atoms with van der Waals surface area (Å²) in [4.78, 5) is 4.36. The number of rotatable bonds is 2. The number of anilines is 1. The average Bonchev–Trinajstić information content (AvgIpc) is 2.29. The first-order valence-electron chi connectivity index (χ1n) is 5.60. The summed E-state index contributed by atoms with van der Waals surface area (Å²) in [6.45, 7) is 8.17. The fourth-order valence-electron chi connectivity index (χ4n) is 1.95. The van der Waals surface area contributed by atoms with Crippen molar-refractivity contribution in [3.05, 3.63) is 17.3 Å². The highest BCUT2D eigenvalue weighted by molar-refractivity contribution is 5.62. The molecule has 1 N–H and O–H groups in total. The zero-order chi connectivity index (χ0) is 10.8. The Kier molecular flexibility index (Phi) is 2.80. The molecule has 1 aliphatic rings. The maximum absolute atomic E-state index is 5.50. The molecule has 0 spiro atoms. The smallest absolute Gasteiger partial charge is 0.237 e. The first-order chi connectivity index (χ1) is 7.24. The molecule has 0 aliphatic carbocycles. The van der Waals surface area contributed by atoms with Crippen LogP contribution in [0.15, 0.2) is 6.20 Å². The average molecular weight is 206 g/mol. The fraction of sp³-hybridized carbons (Fsp3) is 0.583. The molecule has 15 heavy (non-hydrogen) atoms. The van der Waals surface area contributed by atoms with E-state index in [9.17, 15) is 0 Å². The summed E-state index contributed by atoms with van der Waals surface area (Å²) >= 11 is 0. The SMILES string of the molecule is CCC(C)c1cnc2c(c1C)NCCO2. The Bertz CT molecular complexity index is 363. The van der Waals surface area contributed by atoms with E-state index in [0.717, 1.165) is 24.5 Å². The number of nitrogens with one attached hydrogen (secondary N) is 1. The summed E-state index contributed by atoms with van der Waals surface area (Å²) in [5.41, 5.74) is 3.70. The van der Waals surface area contributed by atoms with Crippen LogP contribution >= 0.6 is 0 Å². The molecule has 0 fully saturated rings. The summed E-state index contributed by atoms with van der Waals surface area (Å²) in [6.07, 6.45) is 3.09. The van der Waals surface area contributed by atoms with E-state index in [1.807, 2.05) is 6.20 Å². The van der Waals surface area contributed by atoms with Gasteiger partial charge in [-0.15, -0.1) is 0 Å². The number of ether oxygens (including phenoxy) is 1. The van der Waals surface area contributed by atoms with E-state index >= 15 is 0 Å². The summed E-state index contributed by atoms with van der Waals surface area (Å²) < 4.78 is 5.50. The van der Waals surface area contributed by atoms with Gasteiger partial charge in [-0.2, -0.15) is 0 Å². The van der Waals surface area contributed by atoms with Crippen LogP contribution in [0.4, 0.5) is 5.69 Å². The van der Waals surface area contributed by atoms with Crippen molar-refractivity contribution in [3.8, 4) is 5.88 Å². The molecule has 0 radical (unpaired) electrons. The van der Waals surface area contributed by atoms with Crippen molar-refractivity contribution in [2.24, 2.45) is 0 Å². The Balaban J connectivity index is 2.43. The molecule has 1 unspecified atom stereocenters. The number of pyridine rings is 1. The van der Waals surface area contributed by atoms with E-state index in [1.165, 1.54) is 11.1 Å². The highest BCUT2D eigenvalue weighted by Gasteiger charge is 2.17. The normalized spacial score (nSPS) is 16.2. The quantitative estimate of drug-likeness (QED) is 0.807. The molecule has 2 heterocycles. The number of hydrogen-bond donors (Lipinski definition) is 1. The maximum atomic E-state index is 5.50. The number of aromatic nitrogens is 1. The molecule has 0 bridgehead atoms. The van der Waals surface area contributed by atoms with Crippen LogP contribution in [0.2, 0.25) is 0 Å². The molecule has 0 saturated carbocycles. The lowest BCUT2D eigenvalue weighted by molar-refractivity contribution is 0.309. The second-order valence-electron chi connectivity index (χ2n) is 4.10. The van der Waals surface area contributed by atoms with Gasteiger partial charge in [0.05, 0.1) is 0 Å². The minimum Gasteiger partial charge on any atom is -0.474 e. The molecule has 0 aromatic carbocycles. The molecule has 2 rings (SSSR count). The van der Waals surface area contributed by atoms with Gasteiger partial charge in [-0.1, -0.05) is 13.8 Å². The van der Waals surface area contributed by atoms with Crippen LogP contribution in [0.5, 0.6) is 5.88 Å². The highest BCUT2D eigenvalue weighted by atomic mass is 16.5. The zero-order valence-electron chi connectivity index (χ0n) is 9.63. The summed E-state index contributed by atoms with van der Waals surface area (Å²) in [6, 6.07) is 0. The second kappa shape index (κ2) is 4.09. The maximum Gasteiger partial charge on any atom is 0.237 e. The molecule has 1 aromatic rings. The number of hydrogen-bond acceptors (Lipinski definition) is 3. The Morgan fingerprint density at radius 1 is 1.60 bits per heavy atom. The van der Waals surface area contributed by atoms with Crippen LogP contribution < -0.4 is 10.1 Å². The van der Waals surface area contributed by atoms with E-state index in [-0.39, 0.29) is 0 Å². The predicted octanol–water partition coefficient (Wildman–Crippen LogP) is 2.71. The largest absolute Gasteiger partial charge is 0.474 e. The van der Waals surface area contributed by atoms with Crippen LogP contribution in [0, 0.1) is 6.92 Å². The van der Waals surface area contributed by atoms with E-state index in [1.54, 1.807) is 0 Å². The molecule has 0 saturated heterocycles. The summed E-state index contributed by atoms with van der Waals surface area (Å²) in [7, 11) is 0. The molecule has 1 aliphatic heterocycles. The first-order valence-corrected chi connectivity index (χ1v) is 5.60. The molecule has 1 atom stereocenters. The van der Waals surface area contributed by atoms with Gasteiger partial charge in [0.2, 0.25) is 5.88 Å². The zero-order valence-corrected chi connectivity index (χ0v) is 9.63. The molecular weight excluding hydrogens is 188 g/mol. The third kappa shape index (κ3) is 1.78. The van der Waals surface area contributed by atoms with Gasteiger partial charge >= 0.3 is 0 Å². The van der Waals surface area contributed by atoms with Crippen molar-refractivity contribution in [1.29, 1.82) is 0 Å². The lowest BCUT2D eigenvalue weighted by Gasteiger charge is -2.23. The number of nitrogens with zero attached hydrogens (tertiary/aromatic N) is 1. The van der Waals surface area contributed by atoms with E-state index in [2.05, 4.69) is 31.1 Å². The summed E-state index contributed by atoms with van der Waals surface area (Å²) in [5, 5.41) is 3.36. The minimum atomic E-state index is 0.562. The molecule has 3 nitrogen and oxygen atoms in total. The second-order valence-corrected chi connectivity index (χ2v) is 4.10. The third-order valence-corrected chi connectivity index (χ3v) is 3.13. The Labute approximate surface area is 90.9 Å². The first kappa shape index (κ1) is 10.3. The van der Waals surface area contributed by atoms with Gasteiger partial charge in [0.25, 0.3) is 0 Å². The van der Waals surface area contributed by atoms with E-state index in [0.29, 0.717) is 12.5 Å². The summed E-state index contributed by atoms with van der Waals surface area (Å²) in [5.74, 6) is 1.32. The van der Waals surface area contributed by atoms with Crippen molar-refractivity contribution in [1.82, 2.24) is 4.98 Å². The molecule has 1 aromatic heterocycles. The lowest BCUT2D eigenvalue weighted by Crippen LogP contribution is -2.20. The van der Waals surface area contributed by atoms with Gasteiger partial charge in [-0.3, -0.25) is 0 Å². The topological polar surface area (TPSA) is 34.2 Å². The fourth-order valence-corrected chi connectivity index (χ4v) is 1.95. The third-order valence-electron chi connectivity index (χ3n) is 3.13. The molecular formula is C12H18N2O. The Morgan fingerprint density at radius 3 is 3.13 bits per heavy atom. The Hall–Kier alpha value is -1.25. The standard InChI is InChI=1S/C12H18N2O/c1-4-8(2)10-7-14-12-11(9(10)3)13-5-6-15-12/h7-8,13H,4-6H2,1-3H3. The van der Waals surface area contributed by atoms with Crippen LogP contribution in [-0.2, 0) is 0 Å². The van der Waals surface area contributed by atoms with Crippen molar-refractivity contribution in [2.75, 3.05) is 18.5 Å². The van der Waals surface area contributed by atoms with Crippen LogP contribution in [-0.4, -0.2) is 18.1 Å². The van der Waals surface area contributed by atoms with Gasteiger partial charge in [-0.05, 0) is 30.4 Å². The predicted molar refractivity (Wildman–Crippen MR) is 61.7 cm³/mol. The molecule has 3 heteroatoms. The Morgan fingerprint density at radius 2 is 2.40 bits per heavy atom. The van der Waals surface area contributed by atoms with Crippen LogP contribution in [0.3, 0.4) is 0 Å². The van der Waals surface area contributed by atoms with Crippen LogP contribution in [0.1, 0.15) is 37.3 Å². The monoisotopic (exact) mass is 206 g/mol. The molecule has 82 valence electrons. The van der Waals surface area contributed by atoms with Crippen molar-refractivity contribution >= 4 is 5.69 Å². The van der Waals surface area contributed by atoms with Gasteiger partial charge in [-0.25, -0.2) is 4.98 Å². The van der Waals surface area contributed by atoms with E-state index in [4.69, 9.17) is 4.74 Å². The van der Waals surface area contributed by atoms with Gasteiger partial charge in [0, 0.05) is 12.7 Å². The van der Waals surface area contributed by atoms with Gasteiger partial charge in [0.1, 0.15) is 12.3 Å². The molecule has 0 amide bonds. The van der Waals surface area contributed by atoms with Crippen molar-refractivity contribution in [3.63, 3.8) is 0 Å². The van der Waals surface area contributed by atoms with Crippen LogP contribution in [0.25, 0.3) is 0 Å². The van der Waals surface area contributed by atoms with E-state index < -0.39 is 0 Å². The highest BCUT2D eigenvalue weighted by Crippen LogP contribution is 2.33. The minimum absolute atomic E-state index is 0.562. The number of fused-ring (bicyclic) bond motifs is 1. The van der Waals surface area contributed by atoms with Gasteiger partial charge < -0.3 is 10.1 Å².